The van der Waals surface area contributed by atoms with E-state index in [0.717, 1.165) is 15.7 Å². The maximum atomic E-state index is 13.8. The summed E-state index contributed by atoms with van der Waals surface area (Å²) in [6, 6.07) is 7.05. The van der Waals surface area contributed by atoms with Crippen LogP contribution in [0.15, 0.2) is 34.8 Å². The highest BCUT2D eigenvalue weighted by Gasteiger charge is 2.18. The van der Waals surface area contributed by atoms with E-state index in [1.54, 1.807) is 20.1 Å². The zero-order chi connectivity index (χ0) is 15.6. The lowest BCUT2D eigenvalue weighted by atomic mass is 10.1. The van der Waals surface area contributed by atoms with E-state index in [4.69, 9.17) is 4.74 Å². The van der Waals surface area contributed by atoms with Gasteiger partial charge in [-0.05, 0) is 43.7 Å². The van der Waals surface area contributed by atoms with Crippen LogP contribution in [0.25, 0.3) is 0 Å². The summed E-state index contributed by atoms with van der Waals surface area (Å²) in [5.41, 5.74) is 1.66. The molecule has 2 aromatic rings. The number of rotatable bonds is 4. The fourth-order valence-corrected chi connectivity index (χ4v) is 2.82. The smallest absolute Gasteiger partial charge is 0.143 e. The van der Waals surface area contributed by atoms with E-state index in [9.17, 15) is 8.78 Å². The standard InChI is InChI=1S/C16H16BrF2NO/c1-9-7-11(17)8-14(21-3)16(9)20-10(2)15-12(18)5-4-6-13(15)19/h4-8,10,20H,1-3H3. The molecule has 0 radical (unpaired) electrons. The van der Waals surface area contributed by atoms with Gasteiger partial charge in [0.05, 0.1) is 18.8 Å². The molecule has 0 saturated carbocycles. The van der Waals surface area contributed by atoms with Crippen molar-refractivity contribution >= 4 is 21.6 Å². The second-order valence-electron chi connectivity index (χ2n) is 4.80. The van der Waals surface area contributed by atoms with Gasteiger partial charge in [0.2, 0.25) is 0 Å². The Bertz CT molecular complexity index is 641. The summed E-state index contributed by atoms with van der Waals surface area (Å²) in [5, 5.41) is 3.13. The summed E-state index contributed by atoms with van der Waals surface area (Å²) in [5.74, 6) is -0.516. The van der Waals surface area contributed by atoms with Crippen molar-refractivity contribution in [2.75, 3.05) is 12.4 Å². The van der Waals surface area contributed by atoms with Crippen molar-refractivity contribution in [2.45, 2.75) is 19.9 Å². The lowest BCUT2D eigenvalue weighted by Crippen LogP contribution is -2.12. The number of nitrogens with one attached hydrogen (secondary N) is 1. The van der Waals surface area contributed by atoms with Crippen molar-refractivity contribution < 1.29 is 13.5 Å². The van der Waals surface area contributed by atoms with Crippen molar-refractivity contribution in [3.63, 3.8) is 0 Å². The van der Waals surface area contributed by atoms with E-state index in [-0.39, 0.29) is 5.56 Å². The zero-order valence-corrected chi connectivity index (χ0v) is 13.6. The van der Waals surface area contributed by atoms with E-state index in [1.165, 1.54) is 18.2 Å². The molecular formula is C16H16BrF2NO. The van der Waals surface area contributed by atoms with Gasteiger partial charge in [-0.3, -0.25) is 0 Å². The number of aryl methyl sites for hydroxylation is 1. The first-order chi connectivity index (χ1) is 9.93. The van der Waals surface area contributed by atoms with E-state index in [2.05, 4.69) is 21.2 Å². The third-order valence-electron chi connectivity index (χ3n) is 3.28. The number of hydrogen-bond donors (Lipinski definition) is 1. The third kappa shape index (κ3) is 3.35. The molecule has 0 aliphatic carbocycles. The molecule has 1 N–H and O–H groups in total. The highest BCUT2D eigenvalue weighted by Crippen LogP contribution is 2.35. The first-order valence-electron chi connectivity index (χ1n) is 6.48. The van der Waals surface area contributed by atoms with Crippen LogP contribution in [0, 0.1) is 18.6 Å². The fourth-order valence-electron chi connectivity index (χ4n) is 2.27. The molecule has 0 amide bonds. The molecule has 0 heterocycles. The normalized spacial score (nSPS) is 12.1. The molecule has 0 saturated heterocycles. The van der Waals surface area contributed by atoms with E-state index >= 15 is 0 Å². The predicted octanol–water partition coefficient (Wildman–Crippen LogP) is 5.22. The first-order valence-corrected chi connectivity index (χ1v) is 7.28. The Hall–Kier alpha value is -1.62. The third-order valence-corrected chi connectivity index (χ3v) is 3.74. The first kappa shape index (κ1) is 15.8. The maximum absolute atomic E-state index is 13.8. The molecule has 0 aliphatic rings. The van der Waals surface area contributed by atoms with Gasteiger partial charge in [0.25, 0.3) is 0 Å². The van der Waals surface area contributed by atoms with Crippen molar-refractivity contribution in [3.8, 4) is 5.75 Å². The summed E-state index contributed by atoms with van der Waals surface area (Å²) in [7, 11) is 1.56. The van der Waals surface area contributed by atoms with Crippen LogP contribution < -0.4 is 10.1 Å². The Balaban J connectivity index is 2.38. The molecule has 1 unspecified atom stereocenters. The van der Waals surface area contributed by atoms with E-state index in [0.29, 0.717) is 5.75 Å². The molecule has 0 aliphatic heterocycles. The van der Waals surface area contributed by atoms with Crippen molar-refractivity contribution in [2.24, 2.45) is 0 Å². The predicted molar refractivity (Wildman–Crippen MR) is 83.8 cm³/mol. The van der Waals surface area contributed by atoms with E-state index < -0.39 is 17.7 Å². The molecule has 112 valence electrons. The van der Waals surface area contributed by atoms with Crippen LogP contribution in [0.1, 0.15) is 24.1 Å². The van der Waals surface area contributed by atoms with Gasteiger partial charge >= 0.3 is 0 Å². The van der Waals surface area contributed by atoms with Crippen LogP contribution in [0.4, 0.5) is 14.5 Å². The molecule has 1 atom stereocenters. The summed E-state index contributed by atoms with van der Waals surface area (Å²) >= 11 is 3.39. The Morgan fingerprint density at radius 1 is 1.19 bits per heavy atom. The molecule has 0 spiro atoms. The minimum absolute atomic E-state index is 0.0156. The van der Waals surface area contributed by atoms with Crippen LogP contribution in [-0.2, 0) is 0 Å². The molecule has 2 rings (SSSR count). The average molecular weight is 356 g/mol. The second kappa shape index (κ2) is 6.43. The van der Waals surface area contributed by atoms with Gasteiger partial charge in [0.1, 0.15) is 17.4 Å². The Morgan fingerprint density at radius 3 is 2.38 bits per heavy atom. The minimum atomic E-state index is -0.566. The topological polar surface area (TPSA) is 21.3 Å². The molecule has 21 heavy (non-hydrogen) atoms. The van der Waals surface area contributed by atoms with Crippen molar-refractivity contribution in [1.82, 2.24) is 0 Å². The molecule has 2 nitrogen and oxygen atoms in total. The highest BCUT2D eigenvalue weighted by atomic mass is 79.9. The number of hydrogen-bond acceptors (Lipinski definition) is 2. The van der Waals surface area contributed by atoms with Crippen LogP contribution in [-0.4, -0.2) is 7.11 Å². The molecule has 0 aromatic heterocycles. The molecule has 0 fully saturated rings. The summed E-state index contributed by atoms with van der Waals surface area (Å²) in [6.07, 6.45) is 0. The highest BCUT2D eigenvalue weighted by molar-refractivity contribution is 9.10. The second-order valence-corrected chi connectivity index (χ2v) is 5.72. The SMILES string of the molecule is COc1cc(Br)cc(C)c1NC(C)c1c(F)cccc1F. The van der Waals surface area contributed by atoms with Gasteiger partial charge < -0.3 is 10.1 Å². The van der Waals surface area contributed by atoms with Crippen molar-refractivity contribution in [1.29, 1.82) is 0 Å². The quantitative estimate of drug-likeness (QED) is 0.811. The number of anilines is 1. The molecule has 2 aromatic carbocycles. The Labute approximate surface area is 131 Å². The van der Waals surface area contributed by atoms with Crippen molar-refractivity contribution in [3.05, 3.63) is 57.6 Å². The van der Waals surface area contributed by atoms with Gasteiger partial charge in [0, 0.05) is 10.0 Å². The number of benzene rings is 2. The number of methoxy groups -OCH3 is 1. The number of halogens is 3. The lowest BCUT2D eigenvalue weighted by Gasteiger charge is -2.21. The Kier molecular flexibility index (Phi) is 4.83. The maximum Gasteiger partial charge on any atom is 0.143 e. The Morgan fingerprint density at radius 2 is 1.81 bits per heavy atom. The van der Waals surface area contributed by atoms with E-state index in [1.807, 2.05) is 13.0 Å². The largest absolute Gasteiger partial charge is 0.495 e. The average Bonchev–Trinajstić information content (AvgIpc) is 2.41. The monoisotopic (exact) mass is 355 g/mol. The van der Waals surface area contributed by atoms with Gasteiger partial charge in [-0.1, -0.05) is 22.0 Å². The lowest BCUT2D eigenvalue weighted by molar-refractivity contribution is 0.415. The summed E-state index contributed by atoms with van der Waals surface area (Å²) in [4.78, 5) is 0. The van der Waals surface area contributed by atoms with Crippen LogP contribution in [0.5, 0.6) is 5.75 Å². The van der Waals surface area contributed by atoms with Crippen LogP contribution in [0.3, 0.4) is 0 Å². The molecule has 0 bridgehead atoms. The van der Waals surface area contributed by atoms with Gasteiger partial charge in [-0.15, -0.1) is 0 Å². The van der Waals surface area contributed by atoms with Gasteiger partial charge in [0.15, 0.2) is 0 Å². The van der Waals surface area contributed by atoms with Gasteiger partial charge in [-0.2, -0.15) is 0 Å². The van der Waals surface area contributed by atoms with Crippen LogP contribution >= 0.6 is 15.9 Å². The van der Waals surface area contributed by atoms with Crippen LogP contribution in [0.2, 0.25) is 0 Å². The zero-order valence-electron chi connectivity index (χ0n) is 12.0. The number of ether oxygens (including phenoxy) is 1. The van der Waals surface area contributed by atoms with Gasteiger partial charge in [-0.25, -0.2) is 8.78 Å². The fraction of sp³-hybridized carbons (Fsp3) is 0.250. The molecule has 5 heteroatoms. The summed E-state index contributed by atoms with van der Waals surface area (Å²) < 4.78 is 33.9. The summed E-state index contributed by atoms with van der Waals surface area (Å²) in [6.45, 7) is 3.61. The minimum Gasteiger partial charge on any atom is -0.495 e. The molecular weight excluding hydrogens is 340 g/mol.